The van der Waals surface area contributed by atoms with Crippen molar-refractivity contribution in [1.29, 1.82) is 0 Å². The van der Waals surface area contributed by atoms with Crippen molar-refractivity contribution in [3.8, 4) is 0 Å². The SMILES string of the molecule is C=CC(C)C1O[C@H](Cc2ncc(CC(=O)O)s2)C(=O)N(CC(CO)CCC)c2ccc(Cl)cc21.C=CCOC.CC.CC.CO. The Kier molecular flexibility index (Phi) is 26.3. The lowest BCUT2D eigenvalue weighted by atomic mass is 9.95. The third-order valence-electron chi connectivity index (χ3n) is 6.26. The Balaban J connectivity index is 0. The fourth-order valence-electron chi connectivity index (χ4n) is 4.31. The van der Waals surface area contributed by atoms with Crippen LogP contribution in [-0.2, 0) is 31.9 Å². The van der Waals surface area contributed by atoms with Crippen LogP contribution in [0.1, 0.15) is 75.9 Å². The van der Waals surface area contributed by atoms with Crippen molar-refractivity contribution < 1.29 is 34.4 Å². The number of amides is 1. The van der Waals surface area contributed by atoms with Crippen molar-refractivity contribution in [2.45, 2.75) is 79.4 Å². The van der Waals surface area contributed by atoms with Gasteiger partial charge in [0.05, 0.1) is 24.1 Å². The molecule has 1 aliphatic rings. The normalized spacial score (nSPS) is 16.2. The van der Waals surface area contributed by atoms with Gasteiger partial charge in [-0.15, -0.1) is 24.5 Å². The van der Waals surface area contributed by atoms with Gasteiger partial charge in [-0.2, -0.15) is 0 Å². The first kappa shape index (κ1) is 44.5. The number of carboxylic acids is 1. The van der Waals surface area contributed by atoms with Crippen molar-refractivity contribution in [1.82, 2.24) is 4.98 Å². The van der Waals surface area contributed by atoms with Gasteiger partial charge in [0.25, 0.3) is 5.91 Å². The van der Waals surface area contributed by atoms with Crippen LogP contribution in [0.3, 0.4) is 0 Å². The molecule has 4 atom stereocenters. The number of carbonyl (C=O) groups is 2. The van der Waals surface area contributed by atoms with Crippen LogP contribution in [0.2, 0.25) is 5.02 Å². The smallest absolute Gasteiger partial charge is 0.308 e. The minimum absolute atomic E-state index is 0.0242. The fraction of sp³-hybridized carbons (Fsp3) is 0.559. The molecule has 3 N–H and O–H groups in total. The summed E-state index contributed by atoms with van der Waals surface area (Å²) < 4.78 is 11.0. The van der Waals surface area contributed by atoms with Crippen LogP contribution in [-0.4, -0.2) is 72.3 Å². The predicted molar refractivity (Wildman–Crippen MR) is 186 cm³/mol. The highest BCUT2D eigenvalue weighted by atomic mass is 35.5. The van der Waals surface area contributed by atoms with E-state index in [0.29, 0.717) is 28.1 Å². The second-order valence-electron chi connectivity index (χ2n) is 9.37. The molecule has 2 aromatic rings. The van der Waals surface area contributed by atoms with Crippen molar-refractivity contribution in [3.63, 3.8) is 0 Å². The first-order chi connectivity index (χ1) is 21.7. The maximum Gasteiger partial charge on any atom is 0.308 e. The molecule has 3 rings (SSSR count). The number of benzene rings is 1. The number of anilines is 1. The van der Waals surface area contributed by atoms with Gasteiger partial charge in [0.1, 0.15) is 6.10 Å². The molecule has 0 spiro atoms. The van der Waals surface area contributed by atoms with Gasteiger partial charge in [0.2, 0.25) is 0 Å². The van der Waals surface area contributed by atoms with E-state index in [1.165, 1.54) is 17.5 Å². The molecule has 0 bridgehead atoms. The zero-order valence-electron chi connectivity index (χ0n) is 28.3. The summed E-state index contributed by atoms with van der Waals surface area (Å²) in [5.41, 5.74) is 1.52. The van der Waals surface area contributed by atoms with Gasteiger partial charge in [-0.3, -0.25) is 9.59 Å². The Labute approximate surface area is 279 Å². The molecule has 3 unspecified atom stereocenters. The van der Waals surface area contributed by atoms with Gasteiger partial charge in [-0.05, 0) is 24.6 Å². The number of ether oxygens (including phenoxy) is 2. The molecule has 0 saturated carbocycles. The standard InChI is InChI=1S/C25H31ClN2O5S.C4H8O.2C2H6.CH4O/c1-4-6-16(14-29)13-28-20-8-7-17(26)9-19(20)24(15(3)5-2)33-21(25(28)32)11-22-27-12-18(34-22)10-23(30)31;1-3-4-5-2;3*1-2/h5,7-9,12,15-16,21,24,29H,2,4,6,10-11,13-14H2,1,3H3,(H,30,31);3H,1,4H2,2H3;2*1-2H3;2H,1H3/t15?,16?,21-,24?;;;;/m1..../s1. The molecule has 11 heteroatoms. The molecule has 256 valence electrons. The summed E-state index contributed by atoms with van der Waals surface area (Å²) in [6.45, 7) is 20.3. The van der Waals surface area contributed by atoms with Crippen LogP contribution < -0.4 is 4.90 Å². The van der Waals surface area contributed by atoms with Gasteiger partial charge < -0.3 is 29.7 Å². The van der Waals surface area contributed by atoms with Crippen LogP contribution >= 0.6 is 22.9 Å². The first-order valence-corrected chi connectivity index (χ1v) is 16.6. The molecule has 45 heavy (non-hydrogen) atoms. The van der Waals surface area contributed by atoms with E-state index in [1.54, 1.807) is 30.2 Å². The highest BCUT2D eigenvalue weighted by molar-refractivity contribution is 7.11. The molecule has 0 fully saturated rings. The number of carboxylic acid groups (broad SMARTS) is 1. The summed E-state index contributed by atoms with van der Waals surface area (Å²) >= 11 is 7.61. The van der Waals surface area contributed by atoms with Crippen LogP contribution in [0.15, 0.2) is 49.7 Å². The molecular formula is C34H55ClN2O7S. The fourth-order valence-corrected chi connectivity index (χ4v) is 5.44. The quantitative estimate of drug-likeness (QED) is 0.192. The maximum atomic E-state index is 13.8. The molecule has 1 amide bonds. The monoisotopic (exact) mass is 670 g/mol. The molecule has 1 aliphatic heterocycles. The van der Waals surface area contributed by atoms with Crippen LogP contribution in [0, 0.1) is 11.8 Å². The topological polar surface area (TPSA) is 129 Å². The number of halogens is 1. The number of aliphatic hydroxyl groups is 2. The van der Waals surface area contributed by atoms with E-state index in [4.69, 9.17) is 26.6 Å². The van der Waals surface area contributed by atoms with Crippen LogP contribution in [0.5, 0.6) is 0 Å². The average Bonchev–Trinajstić information content (AvgIpc) is 3.46. The lowest BCUT2D eigenvalue weighted by molar-refractivity contribution is -0.136. The van der Waals surface area contributed by atoms with Gasteiger partial charge in [0.15, 0.2) is 0 Å². The van der Waals surface area contributed by atoms with E-state index >= 15 is 0 Å². The average molecular weight is 671 g/mol. The lowest BCUT2D eigenvalue weighted by Gasteiger charge is -2.28. The third-order valence-corrected chi connectivity index (χ3v) is 7.51. The summed E-state index contributed by atoms with van der Waals surface area (Å²) in [5.74, 6) is -1.32. The van der Waals surface area contributed by atoms with Gasteiger partial charge in [0, 0.05) is 73.0 Å². The van der Waals surface area contributed by atoms with Crippen LogP contribution in [0.4, 0.5) is 5.69 Å². The van der Waals surface area contributed by atoms with E-state index in [-0.39, 0.29) is 37.2 Å². The number of aromatic nitrogens is 1. The Morgan fingerprint density at radius 1 is 1.24 bits per heavy atom. The largest absolute Gasteiger partial charge is 0.481 e. The number of carbonyl (C=O) groups excluding carboxylic acids is 1. The van der Waals surface area contributed by atoms with E-state index < -0.39 is 18.2 Å². The zero-order valence-corrected chi connectivity index (χ0v) is 29.9. The van der Waals surface area contributed by atoms with E-state index in [2.05, 4.69) is 22.9 Å². The summed E-state index contributed by atoms with van der Waals surface area (Å²) in [6, 6.07) is 5.41. The van der Waals surface area contributed by atoms with Crippen molar-refractivity contribution >= 4 is 40.5 Å². The van der Waals surface area contributed by atoms with Gasteiger partial charge in [-0.1, -0.05) is 71.7 Å². The highest BCUT2D eigenvalue weighted by Gasteiger charge is 2.38. The summed E-state index contributed by atoms with van der Waals surface area (Å²) in [7, 11) is 2.64. The zero-order chi connectivity index (χ0) is 34.9. The Morgan fingerprint density at radius 2 is 1.89 bits per heavy atom. The molecule has 2 heterocycles. The number of aliphatic hydroxyl groups excluding tert-OH is 2. The van der Waals surface area contributed by atoms with Crippen molar-refractivity contribution in [2.24, 2.45) is 11.8 Å². The number of rotatable bonds is 13. The minimum Gasteiger partial charge on any atom is -0.481 e. The van der Waals surface area contributed by atoms with E-state index in [1.807, 2.05) is 53.7 Å². The molecule has 1 aromatic heterocycles. The summed E-state index contributed by atoms with van der Waals surface area (Å²) in [4.78, 5) is 31.5. The first-order valence-electron chi connectivity index (χ1n) is 15.4. The van der Waals surface area contributed by atoms with Crippen molar-refractivity contribution in [2.75, 3.05) is 38.9 Å². The molecule has 1 aromatic carbocycles. The Bertz CT molecular complexity index is 1110. The number of hydrogen-bond acceptors (Lipinski definition) is 8. The van der Waals surface area contributed by atoms with Crippen molar-refractivity contribution in [3.05, 3.63) is 70.2 Å². The van der Waals surface area contributed by atoms with E-state index in [9.17, 15) is 14.7 Å². The highest BCUT2D eigenvalue weighted by Crippen LogP contribution is 2.41. The molecule has 0 radical (unpaired) electrons. The number of fused-ring (bicyclic) bond motifs is 1. The number of aliphatic carboxylic acids is 1. The second-order valence-corrected chi connectivity index (χ2v) is 11.0. The Hall–Kier alpha value is -2.60. The summed E-state index contributed by atoms with van der Waals surface area (Å²) in [5, 5.41) is 27.2. The predicted octanol–water partition coefficient (Wildman–Crippen LogP) is 7.15. The lowest BCUT2D eigenvalue weighted by Crippen LogP contribution is -2.43. The maximum absolute atomic E-state index is 13.8. The minimum atomic E-state index is -0.929. The second kappa shape index (κ2) is 26.6. The number of methoxy groups -OCH3 is 1. The van der Waals surface area contributed by atoms with E-state index in [0.717, 1.165) is 31.2 Å². The van der Waals surface area contributed by atoms with Crippen LogP contribution in [0.25, 0.3) is 0 Å². The molecule has 0 aliphatic carbocycles. The Morgan fingerprint density at radius 3 is 2.38 bits per heavy atom. The summed E-state index contributed by atoms with van der Waals surface area (Å²) in [6.07, 6.45) is 5.53. The number of hydrogen-bond donors (Lipinski definition) is 3. The molecule has 9 nitrogen and oxygen atoms in total. The molecular weight excluding hydrogens is 616 g/mol. The molecule has 0 saturated heterocycles. The van der Waals surface area contributed by atoms with Gasteiger partial charge in [-0.25, -0.2) is 4.98 Å². The third kappa shape index (κ3) is 15.5. The number of nitrogens with zero attached hydrogens (tertiary/aromatic N) is 2. The van der Waals surface area contributed by atoms with Gasteiger partial charge >= 0.3 is 5.97 Å². The number of thiazole rings is 1.